The van der Waals surface area contributed by atoms with Gasteiger partial charge in [0.15, 0.2) is 0 Å². The molecule has 1 aromatic heterocycles. The van der Waals surface area contributed by atoms with Gasteiger partial charge >= 0.3 is 0 Å². The fourth-order valence-electron chi connectivity index (χ4n) is 1.29. The maximum absolute atomic E-state index is 11.8. The molecule has 0 unspecified atom stereocenters. The van der Waals surface area contributed by atoms with Gasteiger partial charge in [-0.3, -0.25) is 0 Å². The maximum atomic E-state index is 11.8. The molecule has 0 fully saturated rings. The Balaban J connectivity index is 2.62. The second kappa shape index (κ2) is 6.58. The third-order valence-electron chi connectivity index (χ3n) is 2.09. The molecular weight excluding hydrogens is 240 g/mol. The van der Waals surface area contributed by atoms with Crippen LogP contribution in [0.25, 0.3) is 0 Å². The lowest BCUT2D eigenvalue weighted by Gasteiger charge is -2.02. The van der Waals surface area contributed by atoms with Crippen molar-refractivity contribution in [2.75, 3.05) is 13.6 Å². The SMILES string of the molecule is C/C=C/CCNS(=O)(=O)c1ccc(CNC)o1. The zero-order valence-electron chi connectivity index (χ0n) is 10.1. The van der Waals surface area contributed by atoms with Crippen LogP contribution in [0.3, 0.4) is 0 Å². The van der Waals surface area contributed by atoms with E-state index in [0.29, 0.717) is 25.3 Å². The second-order valence-electron chi connectivity index (χ2n) is 3.51. The van der Waals surface area contributed by atoms with Crippen LogP contribution in [0, 0.1) is 0 Å². The molecule has 1 heterocycles. The lowest BCUT2D eigenvalue weighted by molar-refractivity contribution is 0.405. The standard InChI is InChI=1S/C11H18N2O3S/c1-3-4-5-8-13-17(14,15)11-7-6-10(16-11)9-12-2/h3-4,6-7,12-13H,5,8-9H2,1-2H3/b4-3+. The molecule has 0 aliphatic rings. The van der Waals surface area contributed by atoms with Crippen molar-refractivity contribution in [1.29, 1.82) is 0 Å². The monoisotopic (exact) mass is 258 g/mol. The summed E-state index contributed by atoms with van der Waals surface area (Å²) in [7, 11) is -1.75. The van der Waals surface area contributed by atoms with Crippen LogP contribution < -0.4 is 10.0 Å². The van der Waals surface area contributed by atoms with E-state index in [9.17, 15) is 8.42 Å². The second-order valence-corrected chi connectivity index (χ2v) is 5.20. The summed E-state index contributed by atoms with van der Waals surface area (Å²) in [5.74, 6) is 0.598. The van der Waals surface area contributed by atoms with E-state index in [1.165, 1.54) is 6.07 Å². The van der Waals surface area contributed by atoms with E-state index in [-0.39, 0.29) is 5.09 Å². The van der Waals surface area contributed by atoms with Gasteiger partial charge in [-0.15, -0.1) is 0 Å². The Bertz CT molecular complexity index is 463. The highest BCUT2D eigenvalue weighted by Crippen LogP contribution is 2.13. The maximum Gasteiger partial charge on any atom is 0.273 e. The van der Waals surface area contributed by atoms with Gasteiger partial charge in [0.2, 0.25) is 5.09 Å². The number of sulfonamides is 1. The van der Waals surface area contributed by atoms with Crippen LogP contribution in [-0.2, 0) is 16.6 Å². The normalized spacial score (nSPS) is 12.4. The van der Waals surface area contributed by atoms with Crippen LogP contribution in [0.4, 0.5) is 0 Å². The number of hydrogen-bond acceptors (Lipinski definition) is 4. The summed E-state index contributed by atoms with van der Waals surface area (Å²) in [6.07, 6.45) is 4.45. The molecule has 1 aromatic rings. The Hall–Kier alpha value is -1.11. The molecule has 0 amide bonds. The Kier molecular flexibility index (Phi) is 5.40. The average Bonchev–Trinajstić information content (AvgIpc) is 2.74. The number of allylic oxidation sites excluding steroid dienone is 1. The van der Waals surface area contributed by atoms with Crippen molar-refractivity contribution in [1.82, 2.24) is 10.0 Å². The minimum atomic E-state index is -3.52. The van der Waals surface area contributed by atoms with Crippen molar-refractivity contribution in [2.45, 2.75) is 25.0 Å². The van der Waals surface area contributed by atoms with Crippen molar-refractivity contribution in [3.05, 3.63) is 30.0 Å². The molecule has 0 atom stereocenters. The Morgan fingerprint density at radius 2 is 2.18 bits per heavy atom. The van der Waals surface area contributed by atoms with Gasteiger partial charge in [-0.1, -0.05) is 12.2 Å². The first-order valence-electron chi connectivity index (χ1n) is 5.44. The topological polar surface area (TPSA) is 71.3 Å². The molecule has 0 saturated heterocycles. The van der Waals surface area contributed by atoms with E-state index < -0.39 is 10.0 Å². The molecular formula is C11H18N2O3S. The van der Waals surface area contributed by atoms with Crippen LogP contribution in [0.15, 0.2) is 33.8 Å². The Morgan fingerprint density at radius 3 is 2.82 bits per heavy atom. The lowest BCUT2D eigenvalue weighted by Crippen LogP contribution is -2.24. The molecule has 6 heteroatoms. The Morgan fingerprint density at radius 1 is 1.41 bits per heavy atom. The van der Waals surface area contributed by atoms with Crippen molar-refractivity contribution in [3.8, 4) is 0 Å². The van der Waals surface area contributed by atoms with E-state index in [0.717, 1.165) is 0 Å². The highest BCUT2D eigenvalue weighted by atomic mass is 32.2. The largest absolute Gasteiger partial charge is 0.447 e. The van der Waals surface area contributed by atoms with Gasteiger partial charge in [0.05, 0.1) is 6.54 Å². The van der Waals surface area contributed by atoms with E-state index in [1.807, 2.05) is 19.1 Å². The number of nitrogens with one attached hydrogen (secondary N) is 2. The first-order chi connectivity index (χ1) is 8.10. The smallest absolute Gasteiger partial charge is 0.273 e. The van der Waals surface area contributed by atoms with Crippen LogP contribution in [-0.4, -0.2) is 22.0 Å². The molecule has 1 rings (SSSR count). The fourth-order valence-corrected chi connectivity index (χ4v) is 2.28. The van der Waals surface area contributed by atoms with Crippen LogP contribution in [0.1, 0.15) is 19.1 Å². The number of rotatable bonds is 7. The summed E-state index contributed by atoms with van der Waals surface area (Å²) >= 11 is 0. The van der Waals surface area contributed by atoms with Gasteiger partial charge < -0.3 is 9.73 Å². The summed E-state index contributed by atoms with van der Waals surface area (Å²) in [5.41, 5.74) is 0. The molecule has 0 bridgehead atoms. The van der Waals surface area contributed by atoms with Crippen LogP contribution in [0.2, 0.25) is 0 Å². The minimum Gasteiger partial charge on any atom is -0.447 e. The van der Waals surface area contributed by atoms with Crippen molar-refractivity contribution in [2.24, 2.45) is 0 Å². The predicted octanol–water partition coefficient (Wildman–Crippen LogP) is 1.24. The summed E-state index contributed by atoms with van der Waals surface area (Å²) in [5, 5.41) is 2.85. The quantitative estimate of drug-likeness (QED) is 0.570. The summed E-state index contributed by atoms with van der Waals surface area (Å²) in [4.78, 5) is 0. The van der Waals surface area contributed by atoms with Gasteiger partial charge in [0, 0.05) is 6.54 Å². The highest BCUT2D eigenvalue weighted by molar-refractivity contribution is 7.89. The van der Waals surface area contributed by atoms with Crippen molar-refractivity contribution < 1.29 is 12.8 Å². The fraction of sp³-hybridized carbons (Fsp3) is 0.455. The first kappa shape index (κ1) is 14.0. The van der Waals surface area contributed by atoms with Gasteiger partial charge in [0.25, 0.3) is 10.0 Å². The zero-order valence-corrected chi connectivity index (χ0v) is 10.9. The zero-order chi connectivity index (χ0) is 12.7. The summed E-state index contributed by atoms with van der Waals surface area (Å²) in [6.45, 7) is 2.77. The lowest BCUT2D eigenvalue weighted by atomic mass is 10.4. The number of furan rings is 1. The molecule has 0 spiro atoms. The van der Waals surface area contributed by atoms with Gasteiger partial charge in [-0.05, 0) is 32.5 Å². The first-order valence-corrected chi connectivity index (χ1v) is 6.92. The van der Waals surface area contributed by atoms with E-state index in [4.69, 9.17) is 4.42 Å². The number of hydrogen-bond donors (Lipinski definition) is 2. The Labute approximate surface area is 102 Å². The van der Waals surface area contributed by atoms with Crippen molar-refractivity contribution in [3.63, 3.8) is 0 Å². The van der Waals surface area contributed by atoms with Crippen molar-refractivity contribution >= 4 is 10.0 Å². The van der Waals surface area contributed by atoms with Gasteiger partial charge in [0.1, 0.15) is 5.76 Å². The van der Waals surface area contributed by atoms with Crippen LogP contribution in [0.5, 0.6) is 0 Å². The average molecular weight is 258 g/mol. The third kappa shape index (κ3) is 4.33. The van der Waals surface area contributed by atoms with Gasteiger partial charge in [-0.25, -0.2) is 13.1 Å². The molecule has 2 N–H and O–H groups in total. The third-order valence-corrected chi connectivity index (χ3v) is 3.42. The minimum absolute atomic E-state index is 0.0387. The molecule has 0 aliphatic carbocycles. The predicted molar refractivity (Wildman–Crippen MR) is 66.1 cm³/mol. The van der Waals surface area contributed by atoms with Crippen LogP contribution >= 0.6 is 0 Å². The van der Waals surface area contributed by atoms with Gasteiger partial charge in [-0.2, -0.15) is 0 Å². The molecule has 0 saturated carbocycles. The van der Waals surface area contributed by atoms with E-state index in [2.05, 4.69) is 10.0 Å². The van der Waals surface area contributed by atoms with E-state index >= 15 is 0 Å². The summed E-state index contributed by atoms with van der Waals surface area (Å²) in [6, 6.07) is 3.11. The molecule has 96 valence electrons. The molecule has 17 heavy (non-hydrogen) atoms. The molecule has 5 nitrogen and oxygen atoms in total. The summed E-state index contributed by atoms with van der Waals surface area (Å²) < 4.78 is 31.2. The molecule has 0 aromatic carbocycles. The molecule has 0 radical (unpaired) electrons. The highest BCUT2D eigenvalue weighted by Gasteiger charge is 2.17. The van der Waals surface area contributed by atoms with E-state index in [1.54, 1.807) is 13.1 Å². The molecule has 0 aliphatic heterocycles.